The molecule has 1 amide bonds. The maximum absolute atomic E-state index is 13.3. The summed E-state index contributed by atoms with van der Waals surface area (Å²) in [5, 5.41) is 19.4. The van der Waals surface area contributed by atoms with Crippen LogP contribution in [0, 0.1) is 6.92 Å². The molecule has 3 aromatic rings. The van der Waals surface area contributed by atoms with Crippen LogP contribution in [-0.4, -0.2) is 71.3 Å². The number of thioether (sulfide) groups is 1. The van der Waals surface area contributed by atoms with Gasteiger partial charge < -0.3 is 20.3 Å². The number of aliphatic hydroxyl groups is 1. The Labute approximate surface area is 241 Å². The molecule has 40 heavy (non-hydrogen) atoms. The molecule has 1 aliphatic rings. The second kappa shape index (κ2) is 16.1. The number of hydrogen-bond acceptors (Lipinski definition) is 6. The Bertz CT molecular complexity index is 1240. The van der Waals surface area contributed by atoms with E-state index in [0.717, 1.165) is 61.0 Å². The third-order valence-corrected chi connectivity index (χ3v) is 7.69. The van der Waals surface area contributed by atoms with E-state index in [1.54, 1.807) is 11.8 Å². The molecule has 1 heterocycles. The highest BCUT2D eigenvalue weighted by Gasteiger charge is 2.26. The van der Waals surface area contributed by atoms with Crippen molar-refractivity contribution in [1.82, 2.24) is 10.2 Å². The number of likely N-dealkylation sites (tertiary alicyclic amines) is 1. The van der Waals surface area contributed by atoms with E-state index in [1.165, 1.54) is 0 Å². The van der Waals surface area contributed by atoms with E-state index in [0.29, 0.717) is 30.4 Å². The third-order valence-electron chi connectivity index (χ3n) is 7.05. The van der Waals surface area contributed by atoms with Gasteiger partial charge in [-0.3, -0.25) is 9.69 Å². The lowest BCUT2D eigenvalue weighted by Gasteiger charge is -2.25. The zero-order valence-corrected chi connectivity index (χ0v) is 24.3. The van der Waals surface area contributed by atoms with Gasteiger partial charge in [0.2, 0.25) is 0 Å². The number of carbonyl (C=O) groups is 2. The average Bonchev–Trinajstić information content (AvgIpc) is 3.42. The predicted octanol–water partition coefficient (Wildman–Crippen LogP) is 5.25. The Morgan fingerprint density at radius 3 is 2.48 bits per heavy atom. The molecule has 3 aromatic carbocycles. The van der Waals surface area contributed by atoms with Crippen molar-refractivity contribution in [3.63, 3.8) is 0 Å². The summed E-state index contributed by atoms with van der Waals surface area (Å²) in [5.41, 5.74) is 4.46. The molecule has 1 fully saturated rings. The topological polar surface area (TPSA) is 99.1 Å². The van der Waals surface area contributed by atoms with E-state index in [1.807, 2.05) is 79.9 Å². The van der Waals surface area contributed by atoms with Gasteiger partial charge in [0.1, 0.15) is 18.4 Å². The second-order valence-corrected chi connectivity index (χ2v) is 10.7. The zero-order chi connectivity index (χ0) is 28.9. The van der Waals surface area contributed by atoms with Gasteiger partial charge in [0.15, 0.2) is 0 Å². The standard InChI is InChI=1S/C31H36N2O4S.CH4O/c1-22-9-6-7-13-26(22)28-19-23(14-15-27(28)30(34)32-29(31(35)36)16-18-38-2)20-33-17-8-10-24(33)21-37-25-11-4-3-5-12-25;1-2/h3-7,9,11-15,19,24,29H,8,10,16-18,20-21H2,1-2H3,(H,32,34)(H,35,36);2H,1H3/t24-,29?;/m0./s1. The molecular weight excluding hydrogens is 524 g/mol. The summed E-state index contributed by atoms with van der Waals surface area (Å²) in [6, 6.07) is 23.2. The number of carboxylic acids is 1. The number of hydrogen-bond donors (Lipinski definition) is 3. The monoisotopic (exact) mass is 564 g/mol. The van der Waals surface area contributed by atoms with E-state index in [4.69, 9.17) is 9.84 Å². The van der Waals surface area contributed by atoms with E-state index >= 15 is 0 Å². The van der Waals surface area contributed by atoms with Gasteiger partial charge in [-0.05, 0) is 91.3 Å². The number of carboxylic acid groups (broad SMARTS) is 1. The molecule has 8 heteroatoms. The highest BCUT2D eigenvalue weighted by atomic mass is 32.2. The molecule has 4 rings (SSSR count). The normalized spacial score (nSPS) is 15.6. The number of aryl methyl sites for hydroxylation is 1. The van der Waals surface area contributed by atoms with Gasteiger partial charge in [0.05, 0.1) is 0 Å². The molecule has 1 unspecified atom stereocenters. The number of carbonyl (C=O) groups excluding carboxylic acids is 1. The summed E-state index contributed by atoms with van der Waals surface area (Å²) in [5.74, 6) is 0.165. The summed E-state index contributed by atoms with van der Waals surface area (Å²) in [6.45, 7) is 4.43. The second-order valence-electron chi connectivity index (χ2n) is 9.73. The molecule has 0 radical (unpaired) electrons. The van der Waals surface area contributed by atoms with E-state index in [2.05, 4.69) is 16.3 Å². The molecule has 2 atom stereocenters. The van der Waals surface area contributed by atoms with Crippen molar-refractivity contribution in [2.75, 3.05) is 32.3 Å². The summed E-state index contributed by atoms with van der Waals surface area (Å²) in [7, 11) is 1.00. The van der Waals surface area contributed by atoms with Crippen LogP contribution in [0.4, 0.5) is 0 Å². The van der Waals surface area contributed by atoms with Crippen molar-refractivity contribution in [1.29, 1.82) is 0 Å². The van der Waals surface area contributed by atoms with Crippen molar-refractivity contribution in [3.8, 4) is 16.9 Å². The van der Waals surface area contributed by atoms with Crippen LogP contribution in [0.5, 0.6) is 5.75 Å². The number of nitrogens with zero attached hydrogens (tertiary/aromatic N) is 1. The van der Waals surface area contributed by atoms with Crippen LogP contribution >= 0.6 is 11.8 Å². The summed E-state index contributed by atoms with van der Waals surface area (Å²) >= 11 is 1.56. The highest BCUT2D eigenvalue weighted by Crippen LogP contribution is 2.30. The minimum Gasteiger partial charge on any atom is -0.492 e. The fourth-order valence-corrected chi connectivity index (χ4v) is 5.42. The lowest BCUT2D eigenvalue weighted by molar-refractivity contribution is -0.139. The SMILES string of the molecule is CO.CSCCC(NC(=O)c1ccc(CN2CCC[C@H]2COc2ccccc2)cc1-c1ccccc1C)C(=O)O. The molecule has 1 saturated heterocycles. The first kappa shape index (κ1) is 31.2. The molecule has 1 aliphatic heterocycles. The molecule has 0 aromatic heterocycles. The van der Waals surface area contributed by atoms with E-state index in [-0.39, 0.29) is 5.91 Å². The van der Waals surface area contributed by atoms with Crippen LogP contribution in [0.2, 0.25) is 0 Å². The minimum atomic E-state index is -1.01. The third kappa shape index (κ3) is 8.58. The Hall–Kier alpha value is -3.33. The molecule has 0 bridgehead atoms. The number of para-hydroxylation sites is 1. The predicted molar refractivity (Wildman–Crippen MR) is 162 cm³/mol. The Balaban J connectivity index is 0.00000216. The van der Waals surface area contributed by atoms with Crippen LogP contribution in [0.1, 0.15) is 40.7 Å². The Morgan fingerprint density at radius 1 is 1.05 bits per heavy atom. The number of aliphatic carboxylic acids is 1. The first-order valence-corrected chi connectivity index (χ1v) is 14.9. The number of benzene rings is 3. The lowest BCUT2D eigenvalue weighted by Crippen LogP contribution is -2.41. The quantitative estimate of drug-likeness (QED) is 0.276. The summed E-state index contributed by atoms with van der Waals surface area (Å²) < 4.78 is 6.06. The largest absolute Gasteiger partial charge is 0.492 e. The molecule has 0 saturated carbocycles. The van der Waals surface area contributed by atoms with Gasteiger partial charge in [-0.2, -0.15) is 11.8 Å². The van der Waals surface area contributed by atoms with E-state index < -0.39 is 12.0 Å². The summed E-state index contributed by atoms with van der Waals surface area (Å²) in [6.07, 6.45) is 4.51. The Kier molecular flexibility index (Phi) is 12.5. The molecule has 0 spiro atoms. The number of amides is 1. The number of aliphatic hydroxyl groups excluding tert-OH is 1. The summed E-state index contributed by atoms with van der Waals surface area (Å²) in [4.78, 5) is 27.6. The molecule has 3 N–H and O–H groups in total. The van der Waals surface area contributed by atoms with Crippen LogP contribution in [0.25, 0.3) is 11.1 Å². The average molecular weight is 565 g/mol. The number of nitrogens with one attached hydrogen (secondary N) is 1. The maximum atomic E-state index is 13.3. The van der Waals surface area contributed by atoms with Gasteiger partial charge in [0, 0.05) is 25.3 Å². The van der Waals surface area contributed by atoms with Crippen molar-refractivity contribution in [2.24, 2.45) is 0 Å². The smallest absolute Gasteiger partial charge is 0.326 e. The highest BCUT2D eigenvalue weighted by molar-refractivity contribution is 7.98. The van der Waals surface area contributed by atoms with Gasteiger partial charge >= 0.3 is 5.97 Å². The lowest BCUT2D eigenvalue weighted by atomic mass is 9.93. The van der Waals surface area contributed by atoms with Gasteiger partial charge in [0.25, 0.3) is 5.91 Å². The fourth-order valence-electron chi connectivity index (χ4n) is 4.95. The minimum absolute atomic E-state index is 0.327. The zero-order valence-electron chi connectivity index (χ0n) is 23.5. The van der Waals surface area contributed by atoms with Crippen molar-refractivity contribution < 1.29 is 24.5 Å². The van der Waals surface area contributed by atoms with Gasteiger partial charge in [-0.15, -0.1) is 0 Å². The first-order chi connectivity index (χ1) is 19.5. The van der Waals surface area contributed by atoms with Gasteiger partial charge in [-0.25, -0.2) is 4.79 Å². The maximum Gasteiger partial charge on any atom is 0.326 e. The number of rotatable bonds is 12. The van der Waals surface area contributed by atoms with Gasteiger partial charge in [-0.1, -0.05) is 48.5 Å². The molecule has 0 aliphatic carbocycles. The Morgan fingerprint density at radius 2 is 1.77 bits per heavy atom. The van der Waals surface area contributed by atoms with Crippen LogP contribution in [0.3, 0.4) is 0 Å². The van der Waals surface area contributed by atoms with Crippen molar-refractivity contribution >= 4 is 23.6 Å². The fraction of sp³-hybridized carbons (Fsp3) is 0.375. The van der Waals surface area contributed by atoms with Crippen molar-refractivity contribution in [2.45, 2.75) is 44.8 Å². The molecule has 7 nitrogen and oxygen atoms in total. The first-order valence-electron chi connectivity index (χ1n) is 13.5. The number of ether oxygens (including phenoxy) is 1. The van der Waals surface area contributed by atoms with Crippen molar-refractivity contribution in [3.05, 3.63) is 89.5 Å². The molecule has 214 valence electrons. The van der Waals surface area contributed by atoms with Crippen LogP contribution < -0.4 is 10.1 Å². The van der Waals surface area contributed by atoms with Crippen LogP contribution in [0.15, 0.2) is 72.8 Å². The van der Waals surface area contributed by atoms with E-state index in [9.17, 15) is 14.7 Å². The van der Waals surface area contributed by atoms with Crippen LogP contribution in [-0.2, 0) is 11.3 Å². The molecular formula is C32H40N2O5S.